The lowest BCUT2D eigenvalue weighted by Gasteiger charge is -2.27. The van der Waals surface area contributed by atoms with Crippen molar-refractivity contribution in [2.24, 2.45) is 0 Å². The molecule has 0 aliphatic heterocycles. The van der Waals surface area contributed by atoms with Crippen molar-refractivity contribution in [1.29, 1.82) is 0 Å². The van der Waals surface area contributed by atoms with Crippen LogP contribution in [0, 0.1) is 0 Å². The SMILES string of the molecule is CC(=O)Nc1ccc(CN(CC(C)O)C(C)C)cc1. The Kier molecular flexibility index (Phi) is 5.99. The fourth-order valence-electron chi connectivity index (χ4n) is 1.93. The predicted molar refractivity (Wildman–Crippen MR) is 78.0 cm³/mol. The van der Waals surface area contributed by atoms with E-state index in [-0.39, 0.29) is 12.0 Å². The molecule has 2 N–H and O–H groups in total. The quantitative estimate of drug-likeness (QED) is 0.828. The first-order valence-electron chi connectivity index (χ1n) is 6.67. The molecule has 0 heterocycles. The van der Waals surface area contributed by atoms with Gasteiger partial charge in [-0.2, -0.15) is 0 Å². The largest absolute Gasteiger partial charge is 0.392 e. The fourth-order valence-corrected chi connectivity index (χ4v) is 1.93. The first-order valence-corrected chi connectivity index (χ1v) is 6.67. The Morgan fingerprint density at radius 2 is 1.84 bits per heavy atom. The molecule has 0 aromatic heterocycles. The molecule has 19 heavy (non-hydrogen) atoms. The summed E-state index contributed by atoms with van der Waals surface area (Å²) < 4.78 is 0. The smallest absolute Gasteiger partial charge is 0.221 e. The zero-order chi connectivity index (χ0) is 14.4. The molecule has 1 aromatic carbocycles. The van der Waals surface area contributed by atoms with Gasteiger partial charge in [0.25, 0.3) is 0 Å². The molecule has 0 aliphatic carbocycles. The molecule has 0 fully saturated rings. The summed E-state index contributed by atoms with van der Waals surface area (Å²) in [6.07, 6.45) is -0.332. The summed E-state index contributed by atoms with van der Waals surface area (Å²) in [6, 6.07) is 8.19. The molecule has 4 heteroatoms. The molecule has 0 saturated heterocycles. The van der Waals surface area contributed by atoms with Crippen LogP contribution in [0.4, 0.5) is 5.69 Å². The van der Waals surface area contributed by atoms with Crippen LogP contribution in [0.2, 0.25) is 0 Å². The van der Waals surface area contributed by atoms with Crippen molar-refractivity contribution in [3.05, 3.63) is 29.8 Å². The molecule has 0 saturated carbocycles. The van der Waals surface area contributed by atoms with Crippen molar-refractivity contribution in [3.8, 4) is 0 Å². The summed E-state index contributed by atoms with van der Waals surface area (Å²) in [5, 5.41) is 12.3. The van der Waals surface area contributed by atoms with Crippen LogP contribution in [0.5, 0.6) is 0 Å². The van der Waals surface area contributed by atoms with Gasteiger partial charge >= 0.3 is 0 Å². The van der Waals surface area contributed by atoms with Crippen molar-refractivity contribution >= 4 is 11.6 Å². The Morgan fingerprint density at radius 1 is 1.26 bits per heavy atom. The molecule has 0 radical (unpaired) electrons. The van der Waals surface area contributed by atoms with E-state index in [4.69, 9.17) is 0 Å². The number of anilines is 1. The van der Waals surface area contributed by atoms with E-state index in [1.54, 1.807) is 6.92 Å². The Bertz CT molecular complexity index is 399. The summed E-state index contributed by atoms with van der Waals surface area (Å²) in [7, 11) is 0. The Balaban J connectivity index is 2.66. The minimum atomic E-state index is -0.332. The van der Waals surface area contributed by atoms with E-state index in [1.807, 2.05) is 24.3 Å². The van der Waals surface area contributed by atoms with Crippen LogP contribution in [0.15, 0.2) is 24.3 Å². The average Bonchev–Trinajstić information content (AvgIpc) is 2.29. The normalized spacial score (nSPS) is 12.8. The van der Waals surface area contributed by atoms with E-state index >= 15 is 0 Å². The summed E-state index contributed by atoms with van der Waals surface area (Å²) in [5.41, 5.74) is 1.98. The van der Waals surface area contributed by atoms with Gasteiger partial charge in [-0.1, -0.05) is 12.1 Å². The number of benzene rings is 1. The monoisotopic (exact) mass is 264 g/mol. The molecule has 1 aromatic rings. The van der Waals surface area contributed by atoms with Crippen LogP contribution < -0.4 is 5.32 Å². The molecule has 1 unspecified atom stereocenters. The zero-order valence-corrected chi connectivity index (χ0v) is 12.2. The van der Waals surface area contributed by atoms with E-state index in [2.05, 4.69) is 24.1 Å². The molecule has 4 nitrogen and oxygen atoms in total. The highest BCUT2D eigenvalue weighted by molar-refractivity contribution is 5.88. The zero-order valence-electron chi connectivity index (χ0n) is 12.2. The second kappa shape index (κ2) is 7.26. The maximum Gasteiger partial charge on any atom is 0.221 e. The number of carbonyl (C=O) groups excluding carboxylic acids is 1. The average molecular weight is 264 g/mol. The molecule has 0 aliphatic rings. The molecule has 0 bridgehead atoms. The number of aliphatic hydroxyl groups excluding tert-OH is 1. The van der Waals surface area contributed by atoms with Gasteiger partial charge in [-0.3, -0.25) is 9.69 Å². The fraction of sp³-hybridized carbons (Fsp3) is 0.533. The first kappa shape index (κ1) is 15.7. The maximum absolute atomic E-state index is 10.9. The number of nitrogens with zero attached hydrogens (tertiary/aromatic N) is 1. The van der Waals surface area contributed by atoms with Crippen LogP contribution in [0.3, 0.4) is 0 Å². The Hall–Kier alpha value is -1.39. The van der Waals surface area contributed by atoms with Gasteiger partial charge in [0.15, 0.2) is 0 Å². The third-order valence-electron chi connectivity index (χ3n) is 2.89. The van der Waals surface area contributed by atoms with E-state index in [0.717, 1.165) is 12.2 Å². The van der Waals surface area contributed by atoms with Crippen LogP contribution in [-0.2, 0) is 11.3 Å². The van der Waals surface area contributed by atoms with Crippen molar-refractivity contribution in [3.63, 3.8) is 0 Å². The van der Waals surface area contributed by atoms with Crippen molar-refractivity contribution in [2.45, 2.75) is 46.4 Å². The highest BCUT2D eigenvalue weighted by atomic mass is 16.3. The van der Waals surface area contributed by atoms with Gasteiger partial charge in [0.05, 0.1) is 6.10 Å². The van der Waals surface area contributed by atoms with Gasteiger partial charge < -0.3 is 10.4 Å². The summed E-state index contributed by atoms with van der Waals surface area (Å²) in [4.78, 5) is 13.2. The second-order valence-electron chi connectivity index (χ2n) is 5.25. The Morgan fingerprint density at radius 3 is 2.26 bits per heavy atom. The number of hydrogen-bond donors (Lipinski definition) is 2. The predicted octanol–water partition coefficient (Wildman–Crippen LogP) is 2.24. The van der Waals surface area contributed by atoms with E-state index in [0.29, 0.717) is 12.6 Å². The van der Waals surface area contributed by atoms with E-state index in [1.165, 1.54) is 12.5 Å². The van der Waals surface area contributed by atoms with Crippen LogP contribution in [-0.4, -0.2) is 34.6 Å². The lowest BCUT2D eigenvalue weighted by atomic mass is 10.1. The number of hydrogen-bond acceptors (Lipinski definition) is 3. The highest BCUT2D eigenvalue weighted by Gasteiger charge is 2.12. The van der Waals surface area contributed by atoms with Crippen LogP contribution in [0.25, 0.3) is 0 Å². The first-order chi connectivity index (χ1) is 8.88. The number of nitrogens with one attached hydrogen (secondary N) is 1. The minimum Gasteiger partial charge on any atom is -0.392 e. The standard InChI is InChI=1S/C15H24N2O2/c1-11(2)17(9-12(3)18)10-14-5-7-15(8-6-14)16-13(4)19/h5-8,11-12,18H,9-10H2,1-4H3,(H,16,19). The molecular formula is C15H24N2O2. The summed E-state index contributed by atoms with van der Waals surface area (Å²) in [6.45, 7) is 8.99. The molecule has 0 spiro atoms. The van der Waals surface area contributed by atoms with Crippen LogP contribution in [0.1, 0.15) is 33.3 Å². The third-order valence-corrected chi connectivity index (χ3v) is 2.89. The Labute approximate surface area is 115 Å². The minimum absolute atomic E-state index is 0.0642. The van der Waals surface area contributed by atoms with Crippen LogP contribution >= 0.6 is 0 Å². The van der Waals surface area contributed by atoms with Gasteiger partial charge in [0, 0.05) is 31.7 Å². The van der Waals surface area contributed by atoms with E-state index in [9.17, 15) is 9.90 Å². The molecule has 1 atom stereocenters. The number of amides is 1. The summed E-state index contributed by atoms with van der Waals surface area (Å²) >= 11 is 0. The van der Waals surface area contributed by atoms with Gasteiger partial charge in [-0.15, -0.1) is 0 Å². The maximum atomic E-state index is 10.9. The highest BCUT2D eigenvalue weighted by Crippen LogP contribution is 2.13. The van der Waals surface area contributed by atoms with Gasteiger partial charge in [-0.05, 0) is 38.5 Å². The lowest BCUT2D eigenvalue weighted by molar-refractivity contribution is -0.114. The van der Waals surface area contributed by atoms with Crippen molar-refractivity contribution in [1.82, 2.24) is 4.90 Å². The van der Waals surface area contributed by atoms with Gasteiger partial charge in [-0.25, -0.2) is 0 Å². The van der Waals surface area contributed by atoms with Crippen molar-refractivity contribution < 1.29 is 9.90 Å². The van der Waals surface area contributed by atoms with Gasteiger partial charge in [0.2, 0.25) is 5.91 Å². The number of aliphatic hydroxyl groups is 1. The third kappa shape index (κ3) is 5.85. The topological polar surface area (TPSA) is 52.6 Å². The molecule has 106 valence electrons. The number of carbonyl (C=O) groups is 1. The van der Waals surface area contributed by atoms with Gasteiger partial charge in [0.1, 0.15) is 0 Å². The lowest BCUT2D eigenvalue weighted by Crippen LogP contribution is -2.36. The van der Waals surface area contributed by atoms with Crippen molar-refractivity contribution in [2.75, 3.05) is 11.9 Å². The second-order valence-corrected chi connectivity index (χ2v) is 5.25. The molecule has 1 amide bonds. The number of rotatable bonds is 6. The van der Waals surface area contributed by atoms with E-state index < -0.39 is 0 Å². The molecular weight excluding hydrogens is 240 g/mol. The summed E-state index contributed by atoms with van der Waals surface area (Å²) in [5.74, 6) is -0.0642. The molecule has 1 rings (SSSR count).